The topological polar surface area (TPSA) is 92.5 Å². The van der Waals surface area contributed by atoms with Crippen LogP contribution in [0.5, 0.6) is 0 Å². The molecule has 25 heavy (non-hydrogen) atoms. The number of likely N-dealkylation sites (tertiary alicyclic amines) is 1. The number of aromatic nitrogens is 1. The number of aryl methyl sites for hydroxylation is 2. The molecular weight excluding hydrogens is 362 g/mol. The molecule has 0 aliphatic carbocycles. The van der Waals surface area contributed by atoms with Gasteiger partial charge in [0.2, 0.25) is 10.0 Å². The number of hydrogen-bond donors (Lipinski definition) is 1. The van der Waals surface area contributed by atoms with E-state index in [-0.39, 0.29) is 11.9 Å². The normalized spacial score (nSPS) is 18.5. The van der Waals surface area contributed by atoms with Crippen molar-refractivity contribution in [2.45, 2.75) is 32.7 Å². The van der Waals surface area contributed by atoms with Crippen molar-refractivity contribution < 1.29 is 17.6 Å². The van der Waals surface area contributed by atoms with Gasteiger partial charge in [-0.25, -0.2) is 18.1 Å². The fourth-order valence-corrected chi connectivity index (χ4v) is 4.75. The van der Waals surface area contributed by atoms with Crippen LogP contribution in [0.15, 0.2) is 16.5 Å². The minimum Gasteiger partial charge on any atom is -0.459 e. The molecule has 7 nitrogen and oxygen atoms in total. The maximum absolute atomic E-state index is 12.9. The molecule has 136 valence electrons. The second kappa shape index (κ2) is 6.89. The molecule has 2 aromatic rings. The van der Waals surface area contributed by atoms with E-state index in [9.17, 15) is 13.2 Å². The van der Waals surface area contributed by atoms with Crippen molar-refractivity contribution in [1.82, 2.24) is 14.6 Å². The minimum absolute atomic E-state index is 0.107. The number of sulfonamides is 1. The van der Waals surface area contributed by atoms with Crippen LogP contribution in [-0.4, -0.2) is 49.6 Å². The zero-order valence-electron chi connectivity index (χ0n) is 14.4. The summed E-state index contributed by atoms with van der Waals surface area (Å²) in [6.45, 7) is 4.66. The van der Waals surface area contributed by atoms with Crippen molar-refractivity contribution in [3.8, 4) is 10.8 Å². The number of thiazole rings is 1. The van der Waals surface area contributed by atoms with Gasteiger partial charge in [-0.1, -0.05) is 0 Å². The molecule has 0 bridgehead atoms. The summed E-state index contributed by atoms with van der Waals surface area (Å²) in [5, 5.41) is 0.678. The van der Waals surface area contributed by atoms with Crippen LogP contribution in [0.1, 0.15) is 34.0 Å². The van der Waals surface area contributed by atoms with Gasteiger partial charge in [-0.2, -0.15) is 0 Å². The number of nitrogens with one attached hydrogen (secondary N) is 1. The molecule has 1 atom stereocenters. The molecule has 2 aromatic heterocycles. The van der Waals surface area contributed by atoms with Crippen molar-refractivity contribution in [2.24, 2.45) is 0 Å². The molecule has 1 fully saturated rings. The fraction of sp³-hybridized carbons (Fsp3) is 0.500. The molecular formula is C16H21N3O4S2. The largest absolute Gasteiger partial charge is 0.459 e. The van der Waals surface area contributed by atoms with Gasteiger partial charge in [0.05, 0.1) is 11.9 Å². The number of piperidine rings is 1. The van der Waals surface area contributed by atoms with E-state index in [0.717, 1.165) is 24.9 Å². The summed E-state index contributed by atoms with van der Waals surface area (Å²) in [6.07, 6.45) is 2.63. The Morgan fingerprint density at radius 1 is 1.40 bits per heavy atom. The number of amides is 1. The molecule has 3 heterocycles. The van der Waals surface area contributed by atoms with Crippen LogP contribution in [0.4, 0.5) is 0 Å². The molecule has 0 radical (unpaired) electrons. The number of carbonyl (C=O) groups excluding carboxylic acids is 1. The molecule has 0 saturated carbocycles. The van der Waals surface area contributed by atoms with E-state index >= 15 is 0 Å². The lowest BCUT2D eigenvalue weighted by atomic mass is 10.1. The quantitative estimate of drug-likeness (QED) is 0.873. The summed E-state index contributed by atoms with van der Waals surface area (Å²) in [6, 6.07) is 3.46. The molecule has 1 N–H and O–H groups in total. The SMILES string of the molecule is Cc1ccc(-c2nc(C)c(C(=O)N3CCC[C@H](NS(C)(=O)=O)C3)s2)o1. The highest BCUT2D eigenvalue weighted by atomic mass is 32.2. The average Bonchev–Trinajstić information content (AvgIpc) is 3.11. The second-order valence-corrected chi connectivity index (χ2v) is 9.10. The first-order valence-corrected chi connectivity index (χ1v) is 10.7. The lowest BCUT2D eigenvalue weighted by Crippen LogP contribution is -2.49. The fourth-order valence-electron chi connectivity index (χ4n) is 2.95. The van der Waals surface area contributed by atoms with E-state index in [1.807, 2.05) is 19.1 Å². The standard InChI is InChI=1S/C16H21N3O4S2/c1-10-6-7-13(23-10)15-17-11(2)14(24-15)16(20)19-8-4-5-12(9-19)18-25(3,21)22/h6-7,12,18H,4-5,8-9H2,1-3H3/t12-/m0/s1. The number of hydrogen-bond acceptors (Lipinski definition) is 6. The Kier molecular flexibility index (Phi) is 4.99. The van der Waals surface area contributed by atoms with Gasteiger partial charge in [0.25, 0.3) is 5.91 Å². The molecule has 1 amide bonds. The molecule has 9 heteroatoms. The number of carbonyl (C=O) groups is 1. The second-order valence-electron chi connectivity index (χ2n) is 6.32. The van der Waals surface area contributed by atoms with Gasteiger partial charge in [-0.15, -0.1) is 11.3 Å². The summed E-state index contributed by atoms with van der Waals surface area (Å²) in [7, 11) is -3.29. The predicted octanol–water partition coefficient (Wildman–Crippen LogP) is 2.17. The molecule has 0 unspecified atom stereocenters. The van der Waals surface area contributed by atoms with Crippen LogP contribution in [-0.2, 0) is 10.0 Å². The van der Waals surface area contributed by atoms with Crippen molar-refractivity contribution in [3.05, 3.63) is 28.5 Å². The smallest absolute Gasteiger partial charge is 0.265 e. The van der Waals surface area contributed by atoms with Crippen LogP contribution in [0.25, 0.3) is 10.8 Å². The van der Waals surface area contributed by atoms with Crippen molar-refractivity contribution >= 4 is 27.3 Å². The van der Waals surface area contributed by atoms with E-state index < -0.39 is 10.0 Å². The van der Waals surface area contributed by atoms with Gasteiger partial charge in [0.15, 0.2) is 10.8 Å². The van der Waals surface area contributed by atoms with Crippen molar-refractivity contribution in [2.75, 3.05) is 19.3 Å². The van der Waals surface area contributed by atoms with E-state index in [4.69, 9.17) is 4.42 Å². The Hall–Kier alpha value is -1.71. The van der Waals surface area contributed by atoms with Gasteiger partial charge >= 0.3 is 0 Å². The first-order valence-electron chi connectivity index (χ1n) is 8.04. The van der Waals surface area contributed by atoms with Crippen molar-refractivity contribution in [3.63, 3.8) is 0 Å². The first kappa shape index (κ1) is 18.1. The Balaban J connectivity index is 1.77. The number of furan rings is 1. The van der Waals surface area contributed by atoms with Crippen LogP contribution in [0.2, 0.25) is 0 Å². The van der Waals surface area contributed by atoms with Crippen LogP contribution < -0.4 is 4.72 Å². The van der Waals surface area contributed by atoms with E-state index in [2.05, 4.69) is 9.71 Å². The first-order chi connectivity index (χ1) is 11.7. The lowest BCUT2D eigenvalue weighted by Gasteiger charge is -2.32. The third-order valence-electron chi connectivity index (χ3n) is 4.03. The van der Waals surface area contributed by atoms with E-state index in [0.29, 0.717) is 34.4 Å². The third kappa shape index (κ3) is 4.28. The van der Waals surface area contributed by atoms with E-state index in [1.54, 1.807) is 11.8 Å². The monoisotopic (exact) mass is 383 g/mol. The Labute approximate surface area is 151 Å². The van der Waals surface area contributed by atoms with Gasteiger partial charge in [-0.05, 0) is 38.8 Å². The van der Waals surface area contributed by atoms with Gasteiger partial charge in [-0.3, -0.25) is 4.79 Å². The summed E-state index contributed by atoms with van der Waals surface area (Å²) in [5.41, 5.74) is 0.664. The average molecular weight is 383 g/mol. The number of nitrogens with zero attached hydrogens (tertiary/aromatic N) is 2. The highest BCUT2D eigenvalue weighted by Gasteiger charge is 2.28. The maximum Gasteiger partial charge on any atom is 0.265 e. The summed E-state index contributed by atoms with van der Waals surface area (Å²) >= 11 is 1.31. The van der Waals surface area contributed by atoms with E-state index in [1.165, 1.54) is 11.3 Å². The Morgan fingerprint density at radius 2 is 2.16 bits per heavy atom. The molecule has 1 aliphatic heterocycles. The molecule has 1 saturated heterocycles. The zero-order valence-corrected chi connectivity index (χ0v) is 16.0. The Morgan fingerprint density at radius 3 is 2.80 bits per heavy atom. The molecule has 3 rings (SSSR count). The number of rotatable bonds is 4. The molecule has 1 aliphatic rings. The summed E-state index contributed by atoms with van der Waals surface area (Å²) in [5.74, 6) is 1.34. The van der Waals surface area contributed by atoms with Crippen LogP contribution >= 0.6 is 11.3 Å². The Bertz CT molecular complexity index is 885. The van der Waals surface area contributed by atoms with Crippen molar-refractivity contribution in [1.29, 1.82) is 0 Å². The van der Waals surface area contributed by atoms with Crippen LogP contribution in [0.3, 0.4) is 0 Å². The zero-order chi connectivity index (χ0) is 18.2. The summed E-state index contributed by atoms with van der Waals surface area (Å²) in [4.78, 5) is 19.6. The molecule has 0 aromatic carbocycles. The van der Waals surface area contributed by atoms with Gasteiger partial charge in [0, 0.05) is 19.1 Å². The summed E-state index contributed by atoms with van der Waals surface area (Å²) < 4.78 is 31.0. The highest BCUT2D eigenvalue weighted by molar-refractivity contribution is 7.88. The maximum atomic E-state index is 12.9. The van der Waals surface area contributed by atoms with Gasteiger partial charge < -0.3 is 9.32 Å². The van der Waals surface area contributed by atoms with Gasteiger partial charge in [0.1, 0.15) is 10.6 Å². The highest BCUT2D eigenvalue weighted by Crippen LogP contribution is 2.30. The van der Waals surface area contributed by atoms with Crippen LogP contribution in [0, 0.1) is 13.8 Å². The minimum atomic E-state index is -3.29. The lowest BCUT2D eigenvalue weighted by molar-refractivity contribution is 0.0707. The predicted molar refractivity (Wildman–Crippen MR) is 96.2 cm³/mol. The molecule has 0 spiro atoms. The third-order valence-corrected chi connectivity index (χ3v) is 5.95.